The highest BCUT2D eigenvalue weighted by atomic mass is 32.2. The van der Waals surface area contributed by atoms with Gasteiger partial charge in [0.2, 0.25) is 0 Å². The molecule has 21 heavy (non-hydrogen) atoms. The number of hydrogen-bond acceptors (Lipinski definition) is 3. The second-order valence-corrected chi connectivity index (χ2v) is 7.92. The normalized spacial score (nSPS) is 18.1. The summed E-state index contributed by atoms with van der Waals surface area (Å²) in [6.45, 7) is 4.06. The Balaban J connectivity index is 1.85. The molecule has 4 heteroatoms. The molecule has 1 saturated heterocycles. The van der Waals surface area contributed by atoms with Gasteiger partial charge in [0.1, 0.15) is 0 Å². The van der Waals surface area contributed by atoms with Gasteiger partial charge in [-0.3, -0.25) is 4.90 Å². The molecule has 1 fully saturated rings. The molecule has 2 aromatic rings. The van der Waals surface area contributed by atoms with Gasteiger partial charge in [-0.2, -0.15) is 0 Å². The average molecular weight is 303 g/mol. The van der Waals surface area contributed by atoms with E-state index in [1.165, 1.54) is 12.8 Å². The molecule has 3 rings (SSSR count). The molecule has 1 heterocycles. The molecular weight excluding hydrogens is 282 g/mol. The van der Waals surface area contributed by atoms with E-state index in [0.717, 1.165) is 23.9 Å². The van der Waals surface area contributed by atoms with Crippen molar-refractivity contribution in [1.82, 2.24) is 4.90 Å². The van der Waals surface area contributed by atoms with Gasteiger partial charge in [0.05, 0.1) is 10.6 Å². The van der Waals surface area contributed by atoms with E-state index in [0.29, 0.717) is 4.90 Å². The van der Waals surface area contributed by atoms with Gasteiger partial charge >= 0.3 is 0 Å². The van der Waals surface area contributed by atoms with Crippen molar-refractivity contribution in [3.8, 4) is 0 Å². The number of hydrogen-bond donors (Lipinski definition) is 0. The minimum Gasteiger partial charge on any atom is -0.300 e. The molecule has 1 unspecified atom stereocenters. The van der Waals surface area contributed by atoms with E-state index in [1.54, 1.807) is 12.1 Å². The first-order valence-corrected chi connectivity index (χ1v) is 9.17. The first-order chi connectivity index (χ1) is 10.1. The number of benzene rings is 2. The van der Waals surface area contributed by atoms with Crippen molar-refractivity contribution in [3.63, 3.8) is 0 Å². The van der Waals surface area contributed by atoms with Crippen LogP contribution in [-0.2, 0) is 9.84 Å². The lowest BCUT2D eigenvalue weighted by Gasteiger charge is -2.23. The third-order valence-electron chi connectivity index (χ3n) is 4.30. The molecule has 3 nitrogen and oxygen atoms in total. The molecule has 1 atom stereocenters. The summed E-state index contributed by atoms with van der Waals surface area (Å²) in [7, 11) is -3.23. The second kappa shape index (κ2) is 5.78. The van der Waals surface area contributed by atoms with Gasteiger partial charge in [-0.05, 0) is 55.8 Å². The number of rotatable bonds is 4. The van der Waals surface area contributed by atoms with Gasteiger partial charge in [-0.15, -0.1) is 0 Å². The monoisotopic (exact) mass is 303 g/mol. The zero-order chi connectivity index (χ0) is 14.9. The van der Waals surface area contributed by atoms with E-state index >= 15 is 0 Å². The minimum absolute atomic E-state index is 0.0870. The summed E-state index contributed by atoms with van der Waals surface area (Å²) in [5.74, 6) is 0.200. The Morgan fingerprint density at radius 3 is 2.43 bits per heavy atom. The highest BCUT2D eigenvalue weighted by Crippen LogP contribution is 2.22. The van der Waals surface area contributed by atoms with Crippen LogP contribution in [0.5, 0.6) is 0 Å². The predicted molar refractivity (Wildman–Crippen MR) is 86.3 cm³/mol. The standard InChI is InChI=1S/C17H21NO2S/c1-14(18-10-4-5-11-18)13-21(19,20)17-9-8-15-6-2-3-7-16(15)12-17/h2-3,6-9,12,14H,4-5,10-11,13H2,1H3. The molecule has 1 aliphatic rings. The molecule has 0 saturated carbocycles. The minimum atomic E-state index is -3.23. The van der Waals surface area contributed by atoms with Crippen LogP contribution in [0, 0.1) is 0 Å². The Morgan fingerprint density at radius 2 is 1.71 bits per heavy atom. The van der Waals surface area contributed by atoms with E-state index < -0.39 is 9.84 Å². The van der Waals surface area contributed by atoms with Crippen LogP contribution < -0.4 is 0 Å². The summed E-state index contributed by atoms with van der Waals surface area (Å²) < 4.78 is 25.2. The summed E-state index contributed by atoms with van der Waals surface area (Å²) >= 11 is 0. The van der Waals surface area contributed by atoms with Crippen LogP contribution in [0.4, 0.5) is 0 Å². The van der Waals surface area contributed by atoms with Crippen LogP contribution in [0.3, 0.4) is 0 Å². The van der Waals surface area contributed by atoms with Crippen LogP contribution in [0.1, 0.15) is 19.8 Å². The Labute approximate surface area is 126 Å². The topological polar surface area (TPSA) is 37.4 Å². The molecule has 0 aromatic heterocycles. The maximum absolute atomic E-state index is 12.6. The summed E-state index contributed by atoms with van der Waals surface area (Å²) in [5, 5.41) is 2.05. The fourth-order valence-electron chi connectivity index (χ4n) is 3.06. The van der Waals surface area contributed by atoms with E-state index in [1.807, 2.05) is 37.3 Å². The summed E-state index contributed by atoms with van der Waals surface area (Å²) in [6.07, 6.45) is 2.36. The van der Waals surface area contributed by atoms with Crippen molar-refractivity contribution in [1.29, 1.82) is 0 Å². The quantitative estimate of drug-likeness (QED) is 0.871. The highest BCUT2D eigenvalue weighted by molar-refractivity contribution is 7.91. The van der Waals surface area contributed by atoms with Crippen LogP contribution >= 0.6 is 0 Å². The van der Waals surface area contributed by atoms with E-state index in [-0.39, 0.29) is 11.8 Å². The Bertz CT molecular complexity index is 733. The second-order valence-electron chi connectivity index (χ2n) is 5.88. The molecular formula is C17H21NO2S. The largest absolute Gasteiger partial charge is 0.300 e. The van der Waals surface area contributed by atoms with Crippen LogP contribution in [0.2, 0.25) is 0 Å². The van der Waals surface area contributed by atoms with Gasteiger partial charge in [0.15, 0.2) is 9.84 Å². The fourth-order valence-corrected chi connectivity index (χ4v) is 4.68. The van der Waals surface area contributed by atoms with Crippen LogP contribution in [-0.4, -0.2) is 38.2 Å². The molecule has 1 aliphatic heterocycles. The van der Waals surface area contributed by atoms with Crippen molar-refractivity contribution in [2.45, 2.75) is 30.7 Å². The lowest BCUT2D eigenvalue weighted by Crippen LogP contribution is -2.35. The Morgan fingerprint density at radius 1 is 1.05 bits per heavy atom. The molecule has 0 spiro atoms. The zero-order valence-corrected chi connectivity index (χ0v) is 13.1. The molecule has 0 bridgehead atoms. The van der Waals surface area contributed by atoms with Crippen molar-refractivity contribution in [2.24, 2.45) is 0 Å². The first kappa shape index (κ1) is 14.5. The number of fused-ring (bicyclic) bond motifs is 1. The van der Waals surface area contributed by atoms with Gasteiger partial charge in [0, 0.05) is 6.04 Å². The summed E-state index contributed by atoms with van der Waals surface area (Å²) in [6, 6.07) is 13.4. The molecule has 2 aromatic carbocycles. The van der Waals surface area contributed by atoms with Crippen molar-refractivity contribution in [2.75, 3.05) is 18.8 Å². The number of nitrogens with zero attached hydrogens (tertiary/aromatic N) is 1. The van der Waals surface area contributed by atoms with Gasteiger partial charge in [0.25, 0.3) is 0 Å². The first-order valence-electron chi connectivity index (χ1n) is 7.52. The molecule has 0 N–H and O–H groups in total. The molecule has 112 valence electrons. The van der Waals surface area contributed by atoms with Crippen molar-refractivity contribution < 1.29 is 8.42 Å². The SMILES string of the molecule is CC(CS(=O)(=O)c1ccc2ccccc2c1)N1CCCC1. The Hall–Kier alpha value is -1.39. The maximum Gasteiger partial charge on any atom is 0.179 e. The summed E-state index contributed by atoms with van der Waals surface area (Å²) in [4.78, 5) is 2.71. The van der Waals surface area contributed by atoms with E-state index in [4.69, 9.17) is 0 Å². The lowest BCUT2D eigenvalue weighted by molar-refractivity contribution is 0.277. The molecule has 0 aliphatic carbocycles. The highest BCUT2D eigenvalue weighted by Gasteiger charge is 2.24. The van der Waals surface area contributed by atoms with Gasteiger partial charge in [-0.1, -0.05) is 30.3 Å². The fraction of sp³-hybridized carbons (Fsp3) is 0.412. The zero-order valence-electron chi connectivity index (χ0n) is 12.3. The predicted octanol–water partition coefficient (Wildman–Crippen LogP) is 3.10. The van der Waals surface area contributed by atoms with Crippen LogP contribution in [0.25, 0.3) is 10.8 Å². The smallest absolute Gasteiger partial charge is 0.179 e. The molecule has 0 radical (unpaired) electrons. The lowest BCUT2D eigenvalue weighted by atomic mass is 10.1. The van der Waals surface area contributed by atoms with E-state index in [2.05, 4.69) is 4.90 Å². The average Bonchev–Trinajstić information content (AvgIpc) is 3.00. The number of sulfone groups is 1. The maximum atomic E-state index is 12.6. The van der Waals surface area contributed by atoms with Gasteiger partial charge < -0.3 is 0 Å². The third kappa shape index (κ3) is 3.11. The van der Waals surface area contributed by atoms with Crippen LogP contribution in [0.15, 0.2) is 47.4 Å². The molecule has 0 amide bonds. The summed E-state index contributed by atoms with van der Waals surface area (Å²) in [5.41, 5.74) is 0. The van der Waals surface area contributed by atoms with E-state index in [9.17, 15) is 8.42 Å². The Kier molecular flexibility index (Phi) is 4.00. The number of likely N-dealkylation sites (tertiary alicyclic amines) is 1. The van der Waals surface area contributed by atoms with Gasteiger partial charge in [-0.25, -0.2) is 8.42 Å². The third-order valence-corrected chi connectivity index (χ3v) is 6.20. The van der Waals surface area contributed by atoms with Crippen molar-refractivity contribution >= 4 is 20.6 Å². The van der Waals surface area contributed by atoms with Crippen molar-refractivity contribution in [3.05, 3.63) is 42.5 Å².